The third-order valence-corrected chi connectivity index (χ3v) is 3.60. The van der Waals surface area contributed by atoms with E-state index in [-0.39, 0.29) is 17.8 Å². The predicted molar refractivity (Wildman–Crippen MR) is 107 cm³/mol. The number of halogens is 5. The van der Waals surface area contributed by atoms with Gasteiger partial charge in [0.15, 0.2) is 0 Å². The smallest absolute Gasteiger partial charge is 0.416 e. The summed E-state index contributed by atoms with van der Waals surface area (Å²) in [7, 11) is 0. The van der Waals surface area contributed by atoms with E-state index in [1.165, 1.54) is 0 Å². The monoisotopic (exact) mass is 430 g/mol. The van der Waals surface area contributed by atoms with Crippen molar-refractivity contribution in [3.8, 4) is 5.75 Å². The van der Waals surface area contributed by atoms with Crippen molar-refractivity contribution in [3.05, 3.63) is 72.6 Å². The molecule has 2 aromatic rings. The summed E-state index contributed by atoms with van der Waals surface area (Å²) in [5.41, 5.74) is 10.3. The van der Waals surface area contributed by atoms with Gasteiger partial charge in [0.1, 0.15) is 11.6 Å². The van der Waals surface area contributed by atoms with Crippen molar-refractivity contribution in [2.75, 3.05) is 13.1 Å². The first-order valence-electron chi connectivity index (χ1n) is 8.73. The molecule has 0 amide bonds. The lowest BCUT2D eigenvalue weighted by molar-refractivity contribution is -0.138. The van der Waals surface area contributed by atoms with Crippen LogP contribution in [0.25, 0.3) is 5.82 Å². The molecular weight excluding hydrogens is 407 g/mol. The van der Waals surface area contributed by atoms with E-state index in [9.17, 15) is 22.0 Å². The van der Waals surface area contributed by atoms with Crippen LogP contribution in [0.1, 0.15) is 23.7 Å². The van der Waals surface area contributed by atoms with Gasteiger partial charge in [-0.15, -0.1) is 13.2 Å². The SMILES string of the molecule is C=C.CCN.NC1=CCN=C(c2ccc(C(F)(F)F)cc2OC(F)F)c2cccn21. The molecule has 30 heavy (non-hydrogen) atoms. The lowest BCUT2D eigenvalue weighted by Crippen LogP contribution is -2.16. The van der Waals surface area contributed by atoms with E-state index in [0.29, 0.717) is 17.6 Å². The number of aliphatic imine (C=N–C) groups is 1. The molecule has 0 saturated carbocycles. The summed E-state index contributed by atoms with van der Waals surface area (Å²) < 4.78 is 69.9. The minimum atomic E-state index is -4.68. The van der Waals surface area contributed by atoms with Gasteiger partial charge in [-0.05, 0) is 43.0 Å². The molecule has 5 nitrogen and oxygen atoms in total. The van der Waals surface area contributed by atoms with Gasteiger partial charge in [0.2, 0.25) is 0 Å². The van der Waals surface area contributed by atoms with Crippen molar-refractivity contribution >= 4 is 11.5 Å². The molecule has 0 saturated heterocycles. The maximum atomic E-state index is 12.9. The van der Waals surface area contributed by atoms with E-state index in [0.717, 1.165) is 18.7 Å². The first kappa shape index (κ1) is 24.9. The lowest BCUT2D eigenvalue weighted by Gasteiger charge is -2.16. The summed E-state index contributed by atoms with van der Waals surface area (Å²) in [5.74, 6) is -0.223. The van der Waals surface area contributed by atoms with Gasteiger partial charge in [0.05, 0.1) is 23.5 Å². The second-order valence-corrected chi connectivity index (χ2v) is 5.58. The molecule has 164 valence electrons. The number of nitrogens with zero attached hydrogens (tertiary/aromatic N) is 2. The van der Waals surface area contributed by atoms with Gasteiger partial charge in [-0.25, -0.2) is 0 Å². The molecular formula is C20H23F5N4O. The van der Waals surface area contributed by atoms with Crippen LogP contribution in [0.3, 0.4) is 0 Å². The van der Waals surface area contributed by atoms with Gasteiger partial charge in [-0.2, -0.15) is 22.0 Å². The number of benzene rings is 1. The molecule has 0 unspecified atom stereocenters. The molecule has 0 aliphatic carbocycles. The van der Waals surface area contributed by atoms with E-state index in [1.807, 2.05) is 6.92 Å². The third kappa shape index (κ3) is 6.18. The van der Waals surface area contributed by atoms with Crippen LogP contribution in [-0.4, -0.2) is 30.0 Å². The quantitative estimate of drug-likeness (QED) is 0.557. The highest BCUT2D eigenvalue weighted by Crippen LogP contribution is 2.35. The Kier molecular flexibility index (Phi) is 9.25. The predicted octanol–water partition coefficient (Wildman–Crippen LogP) is 4.48. The first-order chi connectivity index (χ1) is 14.2. The van der Waals surface area contributed by atoms with E-state index < -0.39 is 24.1 Å². The van der Waals surface area contributed by atoms with Crippen molar-refractivity contribution in [1.29, 1.82) is 0 Å². The zero-order valence-corrected chi connectivity index (χ0v) is 16.3. The molecule has 1 aromatic heterocycles. The average molecular weight is 430 g/mol. The highest BCUT2D eigenvalue weighted by molar-refractivity contribution is 6.14. The summed E-state index contributed by atoms with van der Waals surface area (Å²) in [5, 5.41) is 0. The molecule has 0 radical (unpaired) electrons. The Bertz CT molecular complexity index is 888. The summed E-state index contributed by atoms with van der Waals surface area (Å²) in [4.78, 5) is 4.25. The number of nitrogens with two attached hydrogens (primary N) is 2. The van der Waals surface area contributed by atoms with Crippen molar-refractivity contribution in [2.24, 2.45) is 16.5 Å². The minimum absolute atomic E-state index is 0.0244. The van der Waals surface area contributed by atoms with E-state index in [1.54, 1.807) is 29.0 Å². The largest absolute Gasteiger partial charge is 0.434 e. The second-order valence-electron chi connectivity index (χ2n) is 5.58. The highest BCUT2D eigenvalue weighted by Gasteiger charge is 2.32. The standard InChI is InChI=1S/C16H12F5N3O.C2H7N.C2H4/c17-15(18)25-12-8-9(16(19,20)21)3-4-10(12)14-11-2-1-7-24(11)13(22)5-6-23-14;1-2-3;1-2/h1-5,7-8,15H,6,22H2;2-3H2,1H3;1-2H2. The maximum Gasteiger partial charge on any atom is 0.416 e. The summed E-state index contributed by atoms with van der Waals surface area (Å²) in [6, 6.07) is 5.70. The topological polar surface area (TPSA) is 78.6 Å². The van der Waals surface area contributed by atoms with Crippen LogP contribution in [0.2, 0.25) is 0 Å². The van der Waals surface area contributed by atoms with Crippen molar-refractivity contribution in [1.82, 2.24) is 4.57 Å². The van der Waals surface area contributed by atoms with Gasteiger partial charge in [-0.3, -0.25) is 4.99 Å². The van der Waals surface area contributed by atoms with Crippen molar-refractivity contribution in [2.45, 2.75) is 19.7 Å². The Balaban J connectivity index is 0.000000826. The molecule has 0 fully saturated rings. The highest BCUT2D eigenvalue weighted by atomic mass is 19.4. The van der Waals surface area contributed by atoms with Gasteiger partial charge < -0.3 is 20.8 Å². The second kappa shape index (κ2) is 11.1. The van der Waals surface area contributed by atoms with Crippen molar-refractivity contribution in [3.63, 3.8) is 0 Å². The van der Waals surface area contributed by atoms with E-state index in [4.69, 9.17) is 11.5 Å². The number of ether oxygens (including phenoxy) is 1. The van der Waals surface area contributed by atoms with Gasteiger partial charge in [-0.1, -0.05) is 6.92 Å². The van der Waals surface area contributed by atoms with Crippen LogP contribution < -0.4 is 16.2 Å². The maximum absolute atomic E-state index is 12.9. The first-order valence-corrected chi connectivity index (χ1v) is 8.73. The van der Waals surface area contributed by atoms with Gasteiger partial charge in [0.25, 0.3) is 0 Å². The Hall–Kier alpha value is -3.14. The molecule has 0 spiro atoms. The number of alkyl halides is 5. The van der Waals surface area contributed by atoms with Crippen LogP contribution in [0, 0.1) is 0 Å². The molecule has 10 heteroatoms. The normalized spacial score (nSPS) is 12.9. The molecule has 4 N–H and O–H groups in total. The zero-order chi connectivity index (χ0) is 22.9. The van der Waals surface area contributed by atoms with E-state index >= 15 is 0 Å². The lowest BCUT2D eigenvalue weighted by atomic mass is 10.0. The van der Waals surface area contributed by atoms with Crippen molar-refractivity contribution < 1.29 is 26.7 Å². The van der Waals surface area contributed by atoms with Gasteiger partial charge >= 0.3 is 12.8 Å². The van der Waals surface area contributed by atoms with Crippen LogP contribution in [-0.2, 0) is 6.18 Å². The summed E-state index contributed by atoms with van der Waals surface area (Å²) >= 11 is 0. The van der Waals surface area contributed by atoms with Crippen LogP contribution in [0.5, 0.6) is 5.75 Å². The molecule has 1 aliphatic heterocycles. The number of hydrogen-bond donors (Lipinski definition) is 2. The number of hydrogen-bond acceptors (Lipinski definition) is 4. The molecule has 1 aliphatic rings. The Labute approximate surface area is 171 Å². The molecule has 0 bridgehead atoms. The fourth-order valence-electron chi connectivity index (χ4n) is 2.52. The van der Waals surface area contributed by atoms with Crippen LogP contribution in [0.15, 0.2) is 60.8 Å². The Morgan fingerprint density at radius 2 is 1.87 bits per heavy atom. The van der Waals surface area contributed by atoms with Gasteiger partial charge in [0, 0.05) is 11.8 Å². The molecule has 0 atom stereocenters. The summed E-state index contributed by atoms with van der Waals surface area (Å²) in [6.07, 6.45) is -1.44. The fourth-order valence-corrected chi connectivity index (χ4v) is 2.52. The minimum Gasteiger partial charge on any atom is -0.434 e. The average Bonchev–Trinajstić information content (AvgIpc) is 3.10. The molecule has 3 rings (SSSR count). The number of aromatic nitrogens is 1. The van der Waals surface area contributed by atoms with Crippen LogP contribution >= 0.6 is 0 Å². The Morgan fingerprint density at radius 1 is 1.23 bits per heavy atom. The fraction of sp³-hybridized carbons (Fsp3) is 0.250. The molecule has 1 aromatic carbocycles. The number of rotatable bonds is 3. The van der Waals surface area contributed by atoms with Crippen LogP contribution in [0.4, 0.5) is 22.0 Å². The molecule has 2 heterocycles. The zero-order valence-electron chi connectivity index (χ0n) is 16.3. The summed E-state index contributed by atoms with van der Waals surface area (Å²) in [6.45, 7) is 5.53. The third-order valence-electron chi connectivity index (χ3n) is 3.60. The Morgan fingerprint density at radius 3 is 2.43 bits per heavy atom. The number of fused-ring (bicyclic) bond motifs is 1. The van der Waals surface area contributed by atoms with E-state index in [2.05, 4.69) is 22.9 Å².